The number of H-pyrrole nitrogens is 1. The molecule has 0 amide bonds. The highest BCUT2D eigenvalue weighted by atomic mass is 31.2. The molecule has 2 aromatic rings. The Morgan fingerprint density at radius 3 is 2.75 bits per heavy atom. The Morgan fingerprint density at radius 1 is 1.30 bits per heavy atom. The lowest BCUT2D eigenvalue weighted by Gasteiger charge is -2.25. The van der Waals surface area contributed by atoms with Crippen molar-refractivity contribution in [3.05, 3.63) is 67.4 Å². The van der Waals surface area contributed by atoms with Gasteiger partial charge in [0.1, 0.15) is 23.6 Å². The van der Waals surface area contributed by atoms with Crippen molar-refractivity contribution in [1.29, 1.82) is 0 Å². The van der Waals surface area contributed by atoms with Crippen molar-refractivity contribution in [2.75, 3.05) is 13.4 Å². The molecule has 3 heterocycles. The van der Waals surface area contributed by atoms with E-state index >= 15 is 0 Å². The molecular formula is C22H25N6O11P. The van der Waals surface area contributed by atoms with Gasteiger partial charge in [0.25, 0.3) is 5.56 Å². The second-order valence-electron chi connectivity index (χ2n) is 8.70. The molecule has 40 heavy (non-hydrogen) atoms. The molecule has 2 aliphatic rings. The van der Waals surface area contributed by atoms with Gasteiger partial charge in [0.2, 0.25) is 12.7 Å². The summed E-state index contributed by atoms with van der Waals surface area (Å²) in [6.07, 6.45) is -2.40. The van der Waals surface area contributed by atoms with E-state index in [2.05, 4.69) is 15.1 Å². The summed E-state index contributed by atoms with van der Waals surface area (Å²) in [5, 5.41) is 16.6. The van der Waals surface area contributed by atoms with Crippen LogP contribution >= 0.6 is 7.75 Å². The first-order valence-corrected chi connectivity index (χ1v) is 13.3. The fourth-order valence-electron chi connectivity index (χ4n) is 3.56. The van der Waals surface area contributed by atoms with E-state index in [1.54, 1.807) is 13.8 Å². The molecule has 0 bridgehead atoms. The molecule has 1 aromatic heterocycles. The van der Waals surface area contributed by atoms with Gasteiger partial charge in [0.15, 0.2) is 17.6 Å². The standard InChI is InChI=1S/C22H25N6O11P/c1-11(2)37-21(31)12(3)26-40(33,39-13-4-5-14-15(8-13)35-10-34-14)36-9-16-19(30)18(25-27-23)20(38-16)28-7-6-17(29)24-22(28)32/h4-8,11-12,16,19,30H,9-10H2,1-3H3,(H,26,33)(H,24,29,32)/t12-,16+,19+,40?/m0/s1. The highest BCUT2D eigenvalue weighted by Crippen LogP contribution is 2.48. The molecule has 4 atom stereocenters. The van der Waals surface area contributed by atoms with E-state index < -0.39 is 61.6 Å². The van der Waals surface area contributed by atoms with Gasteiger partial charge < -0.3 is 28.6 Å². The predicted molar refractivity (Wildman–Crippen MR) is 135 cm³/mol. The van der Waals surface area contributed by atoms with Crippen molar-refractivity contribution in [2.24, 2.45) is 5.11 Å². The molecule has 0 spiro atoms. The number of ether oxygens (including phenoxy) is 4. The lowest BCUT2D eigenvalue weighted by molar-refractivity contribution is -0.149. The molecule has 1 unspecified atom stereocenters. The van der Waals surface area contributed by atoms with Gasteiger partial charge in [-0.25, -0.2) is 13.9 Å². The first kappa shape index (κ1) is 28.7. The topological polar surface area (TPSA) is 225 Å². The summed E-state index contributed by atoms with van der Waals surface area (Å²) in [4.78, 5) is 40.7. The van der Waals surface area contributed by atoms with Gasteiger partial charge >= 0.3 is 19.4 Å². The molecule has 1 aromatic carbocycles. The zero-order chi connectivity index (χ0) is 29.0. The molecule has 0 fully saturated rings. The molecule has 4 rings (SSSR count). The van der Waals surface area contributed by atoms with Gasteiger partial charge in [0.05, 0.1) is 12.7 Å². The van der Waals surface area contributed by atoms with Gasteiger partial charge in [-0.1, -0.05) is 5.11 Å². The maximum atomic E-state index is 13.8. The summed E-state index contributed by atoms with van der Waals surface area (Å²) in [5.41, 5.74) is 6.94. The third kappa shape index (κ3) is 6.47. The van der Waals surface area contributed by atoms with E-state index in [1.165, 1.54) is 25.1 Å². The number of azide groups is 1. The smallest absolute Gasteiger partial charge is 0.459 e. The van der Waals surface area contributed by atoms with Crippen LogP contribution in [-0.2, 0) is 23.4 Å². The minimum atomic E-state index is -4.42. The number of nitrogens with one attached hydrogen (secondary N) is 2. The van der Waals surface area contributed by atoms with Crippen LogP contribution in [0.15, 0.2) is 50.9 Å². The average molecular weight is 580 g/mol. The molecule has 214 valence electrons. The molecular weight excluding hydrogens is 555 g/mol. The van der Waals surface area contributed by atoms with E-state index in [9.17, 15) is 24.1 Å². The molecule has 18 heteroatoms. The van der Waals surface area contributed by atoms with Crippen LogP contribution in [0.25, 0.3) is 16.3 Å². The lowest BCUT2D eigenvalue weighted by Crippen LogP contribution is -2.37. The number of aromatic amines is 1. The zero-order valence-corrected chi connectivity index (χ0v) is 22.3. The summed E-state index contributed by atoms with van der Waals surface area (Å²) in [7, 11) is -4.42. The van der Waals surface area contributed by atoms with Crippen LogP contribution in [0, 0.1) is 0 Å². The van der Waals surface area contributed by atoms with Crippen LogP contribution in [-0.4, -0.2) is 58.4 Å². The maximum absolute atomic E-state index is 13.8. The van der Waals surface area contributed by atoms with Crippen molar-refractivity contribution >= 4 is 19.6 Å². The Kier molecular flexibility index (Phi) is 8.52. The molecule has 3 N–H and O–H groups in total. The number of hydrogen-bond donors (Lipinski definition) is 3. The largest absolute Gasteiger partial charge is 0.469 e. The fraction of sp³-hybridized carbons (Fsp3) is 0.409. The average Bonchev–Trinajstić information content (AvgIpc) is 3.47. The SMILES string of the molecule is CC(C)OC(=O)[C@H](C)NP(=O)(OC[C@H]1OC(n2ccc(=O)[nH]c2=O)=C(N=[N+]=[N-])[C@@H]1O)Oc1ccc2c(c1)OCO2. The summed E-state index contributed by atoms with van der Waals surface area (Å²) in [5.74, 6) is -0.323. The minimum absolute atomic E-state index is 0.0125. The van der Waals surface area contributed by atoms with E-state index in [4.69, 9.17) is 33.5 Å². The Balaban J connectivity index is 1.57. The normalized spacial score (nSPS) is 19.9. The van der Waals surface area contributed by atoms with Gasteiger partial charge in [-0.3, -0.25) is 19.1 Å². The number of esters is 1. The summed E-state index contributed by atoms with van der Waals surface area (Å²) >= 11 is 0. The quantitative estimate of drug-likeness (QED) is 0.113. The van der Waals surface area contributed by atoms with Crippen molar-refractivity contribution in [3.63, 3.8) is 0 Å². The van der Waals surface area contributed by atoms with Crippen molar-refractivity contribution < 1.29 is 42.5 Å². The number of aliphatic hydroxyl groups is 1. The van der Waals surface area contributed by atoms with Crippen molar-refractivity contribution in [1.82, 2.24) is 14.6 Å². The number of aliphatic hydroxyl groups excluding tert-OH is 1. The minimum Gasteiger partial charge on any atom is -0.469 e. The second-order valence-corrected chi connectivity index (χ2v) is 10.4. The van der Waals surface area contributed by atoms with Crippen molar-refractivity contribution in [2.45, 2.75) is 45.1 Å². The number of benzene rings is 1. The number of aromatic nitrogens is 2. The Morgan fingerprint density at radius 2 is 2.05 bits per heavy atom. The predicted octanol–water partition coefficient (Wildman–Crippen LogP) is 1.59. The molecule has 2 aliphatic heterocycles. The molecule has 0 radical (unpaired) electrons. The lowest BCUT2D eigenvalue weighted by atomic mass is 10.2. The Hall–Kier alpha value is -4.27. The maximum Gasteiger partial charge on any atom is 0.459 e. The molecule has 0 saturated heterocycles. The highest BCUT2D eigenvalue weighted by Gasteiger charge is 2.40. The van der Waals surface area contributed by atoms with Gasteiger partial charge in [0, 0.05) is 23.2 Å². The van der Waals surface area contributed by atoms with Crippen molar-refractivity contribution in [3.8, 4) is 17.2 Å². The highest BCUT2D eigenvalue weighted by molar-refractivity contribution is 7.52. The number of carbonyl (C=O) groups excluding carboxylic acids is 1. The van der Waals surface area contributed by atoms with Crippen LogP contribution in [0.1, 0.15) is 20.8 Å². The number of nitrogens with zero attached hydrogens (tertiary/aromatic N) is 4. The van der Waals surface area contributed by atoms with Crippen LogP contribution < -0.4 is 30.3 Å². The molecule has 17 nitrogen and oxygen atoms in total. The number of rotatable bonds is 11. The summed E-state index contributed by atoms with van der Waals surface area (Å²) < 4.78 is 47.1. The third-order valence-electron chi connectivity index (χ3n) is 5.35. The first-order chi connectivity index (χ1) is 19.0. The number of fused-ring (bicyclic) bond motifs is 1. The van der Waals surface area contributed by atoms with Gasteiger partial charge in [-0.2, -0.15) is 5.09 Å². The van der Waals surface area contributed by atoms with E-state index in [-0.39, 0.29) is 18.4 Å². The number of carbonyl (C=O) groups is 1. The Bertz CT molecular complexity index is 1530. The number of hydrogen-bond acceptors (Lipinski definition) is 12. The second kappa shape index (κ2) is 11.9. The Labute approximate surface area is 225 Å². The van der Waals surface area contributed by atoms with E-state index in [0.717, 1.165) is 16.8 Å². The zero-order valence-electron chi connectivity index (χ0n) is 21.4. The van der Waals surface area contributed by atoms with E-state index in [0.29, 0.717) is 11.5 Å². The van der Waals surface area contributed by atoms with Crippen LogP contribution in [0.3, 0.4) is 0 Å². The molecule has 0 saturated carbocycles. The van der Waals surface area contributed by atoms with Gasteiger partial charge in [-0.05, 0) is 38.4 Å². The van der Waals surface area contributed by atoms with Crippen LogP contribution in [0.2, 0.25) is 0 Å². The van der Waals surface area contributed by atoms with Crippen LogP contribution in [0.5, 0.6) is 17.2 Å². The molecule has 0 aliphatic carbocycles. The first-order valence-electron chi connectivity index (χ1n) is 11.8. The fourth-order valence-corrected chi connectivity index (χ4v) is 5.06. The monoisotopic (exact) mass is 580 g/mol. The summed E-state index contributed by atoms with van der Waals surface area (Å²) in [6.45, 7) is 4.01. The summed E-state index contributed by atoms with van der Waals surface area (Å²) in [6, 6.07) is 4.21. The van der Waals surface area contributed by atoms with Gasteiger partial charge in [-0.15, -0.1) is 0 Å². The van der Waals surface area contributed by atoms with E-state index in [1.807, 2.05) is 4.98 Å². The van der Waals surface area contributed by atoms with Crippen LogP contribution in [0.4, 0.5) is 0 Å². The third-order valence-corrected chi connectivity index (χ3v) is 6.99.